The van der Waals surface area contributed by atoms with Gasteiger partial charge in [-0.25, -0.2) is 4.39 Å². The molecule has 14 heavy (non-hydrogen) atoms. The van der Waals surface area contributed by atoms with Crippen LogP contribution in [0.1, 0.15) is 17.2 Å². The first-order chi connectivity index (χ1) is 6.43. The van der Waals surface area contributed by atoms with Crippen LogP contribution in [0.25, 0.3) is 0 Å². The molecule has 0 saturated heterocycles. The van der Waals surface area contributed by atoms with Gasteiger partial charge in [0.25, 0.3) is 0 Å². The molecule has 1 unspecified atom stereocenters. The number of hydrogen-bond acceptors (Lipinski definition) is 2. The second kappa shape index (κ2) is 3.94. The Morgan fingerprint density at radius 1 is 1.64 bits per heavy atom. The predicted octanol–water partition coefficient (Wildman–Crippen LogP) is 1.87. The molecule has 0 aliphatic heterocycles. The van der Waals surface area contributed by atoms with Gasteiger partial charge in [0.2, 0.25) is 0 Å². The molecule has 0 aliphatic carbocycles. The van der Waals surface area contributed by atoms with Crippen LogP contribution in [-0.4, -0.2) is 11.1 Å². The number of halogens is 2. The van der Waals surface area contributed by atoms with Crippen LogP contribution in [0.4, 0.5) is 4.39 Å². The third kappa shape index (κ3) is 2.02. The minimum atomic E-state index is -1.22. The minimum absolute atomic E-state index is 0.0381. The van der Waals surface area contributed by atoms with Gasteiger partial charge in [0.15, 0.2) is 0 Å². The molecule has 0 bridgehead atoms. The first kappa shape index (κ1) is 10.9. The van der Waals surface area contributed by atoms with Crippen LogP contribution < -0.4 is 5.73 Å². The van der Waals surface area contributed by atoms with Crippen molar-refractivity contribution in [3.63, 3.8) is 0 Å². The van der Waals surface area contributed by atoms with Crippen LogP contribution in [0.2, 0.25) is 5.02 Å². The number of hydrogen-bond donors (Lipinski definition) is 2. The molecule has 1 rings (SSSR count). The van der Waals surface area contributed by atoms with E-state index >= 15 is 0 Å². The third-order valence-corrected chi connectivity index (χ3v) is 2.20. The SMILES string of the molecule is Cc1cc(Cl)c(F)cc1C(N)C(=O)O. The van der Waals surface area contributed by atoms with Crippen molar-refractivity contribution in [1.29, 1.82) is 0 Å². The second-order valence-corrected chi connectivity index (χ2v) is 3.35. The lowest BCUT2D eigenvalue weighted by Gasteiger charge is -2.10. The summed E-state index contributed by atoms with van der Waals surface area (Å²) in [6.07, 6.45) is 0. The largest absolute Gasteiger partial charge is 0.480 e. The standard InChI is InChI=1S/C9H9ClFNO2/c1-4-2-6(10)7(11)3-5(4)8(12)9(13)14/h2-3,8H,12H2,1H3,(H,13,14). The highest BCUT2D eigenvalue weighted by Gasteiger charge is 2.18. The molecule has 0 radical (unpaired) electrons. The molecule has 0 fully saturated rings. The lowest BCUT2D eigenvalue weighted by Crippen LogP contribution is -2.21. The fraction of sp³-hybridized carbons (Fsp3) is 0.222. The summed E-state index contributed by atoms with van der Waals surface area (Å²) in [5.41, 5.74) is 6.15. The van der Waals surface area contributed by atoms with E-state index in [4.69, 9.17) is 22.4 Å². The Morgan fingerprint density at radius 2 is 2.21 bits per heavy atom. The zero-order valence-electron chi connectivity index (χ0n) is 7.42. The van der Waals surface area contributed by atoms with Crippen molar-refractivity contribution in [2.75, 3.05) is 0 Å². The predicted molar refractivity (Wildman–Crippen MR) is 50.7 cm³/mol. The van der Waals surface area contributed by atoms with Crippen molar-refractivity contribution in [1.82, 2.24) is 0 Å². The van der Waals surface area contributed by atoms with Gasteiger partial charge in [-0.05, 0) is 30.2 Å². The molecule has 0 spiro atoms. The summed E-state index contributed by atoms with van der Waals surface area (Å²) in [4.78, 5) is 10.6. The van der Waals surface area contributed by atoms with Crippen LogP contribution in [0.5, 0.6) is 0 Å². The van der Waals surface area contributed by atoms with E-state index in [1.165, 1.54) is 6.07 Å². The van der Waals surface area contributed by atoms with Gasteiger partial charge in [-0.2, -0.15) is 0 Å². The normalized spacial score (nSPS) is 12.6. The Morgan fingerprint density at radius 3 is 2.71 bits per heavy atom. The molecule has 76 valence electrons. The van der Waals surface area contributed by atoms with E-state index in [9.17, 15) is 9.18 Å². The summed E-state index contributed by atoms with van der Waals surface area (Å²) in [6, 6.07) is 1.19. The zero-order valence-corrected chi connectivity index (χ0v) is 8.18. The summed E-state index contributed by atoms with van der Waals surface area (Å²) < 4.78 is 13.0. The minimum Gasteiger partial charge on any atom is -0.480 e. The molecule has 0 amide bonds. The van der Waals surface area contributed by atoms with Gasteiger partial charge in [0, 0.05) is 0 Å². The van der Waals surface area contributed by atoms with Crippen LogP contribution in [0, 0.1) is 12.7 Å². The van der Waals surface area contributed by atoms with E-state index in [-0.39, 0.29) is 10.6 Å². The zero-order chi connectivity index (χ0) is 10.9. The Hall–Kier alpha value is -1.13. The maximum atomic E-state index is 13.0. The summed E-state index contributed by atoms with van der Waals surface area (Å²) in [7, 11) is 0. The monoisotopic (exact) mass is 217 g/mol. The van der Waals surface area contributed by atoms with Crippen molar-refractivity contribution < 1.29 is 14.3 Å². The van der Waals surface area contributed by atoms with Gasteiger partial charge in [0.1, 0.15) is 11.9 Å². The molecule has 3 nitrogen and oxygen atoms in total. The Labute approximate surface area is 85.3 Å². The van der Waals surface area contributed by atoms with Crippen LogP contribution in [0.15, 0.2) is 12.1 Å². The summed E-state index contributed by atoms with van der Waals surface area (Å²) >= 11 is 5.51. The molecular formula is C9H9ClFNO2. The highest BCUT2D eigenvalue weighted by molar-refractivity contribution is 6.30. The average molecular weight is 218 g/mol. The van der Waals surface area contributed by atoms with E-state index < -0.39 is 17.8 Å². The van der Waals surface area contributed by atoms with Gasteiger partial charge in [-0.3, -0.25) is 4.79 Å². The van der Waals surface area contributed by atoms with E-state index in [0.29, 0.717) is 5.56 Å². The van der Waals surface area contributed by atoms with Gasteiger partial charge in [0.05, 0.1) is 5.02 Å². The molecule has 0 aliphatic rings. The van der Waals surface area contributed by atoms with E-state index in [1.54, 1.807) is 6.92 Å². The summed E-state index contributed by atoms with van der Waals surface area (Å²) in [5, 5.41) is 8.60. The van der Waals surface area contributed by atoms with Crippen LogP contribution in [-0.2, 0) is 4.79 Å². The highest BCUT2D eigenvalue weighted by atomic mass is 35.5. The Bertz CT molecular complexity index is 381. The maximum absolute atomic E-state index is 13.0. The van der Waals surface area contributed by atoms with Crippen molar-refractivity contribution in [3.8, 4) is 0 Å². The molecule has 0 saturated carbocycles. The number of aliphatic carboxylic acids is 1. The van der Waals surface area contributed by atoms with Crippen molar-refractivity contribution >= 4 is 17.6 Å². The average Bonchev–Trinajstić information content (AvgIpc) is 2.10. The van der Waals surface area contributed by atoms with Gasteiger partial charge in [-0.1, -0.05) is 11.6 Å². The number of carboxylic acids is 1. The summed E-state index contributed by atoms with van der Waals surface area (Å²) in [6.45, 7) is 1.63. The number of benzene rings is 1. The van der Waals surface area contributed by atoms with Crippen LogP contribution in [0.3, 0.4) is 0 Å². The number of rotatable bonds is 2. The second-order valence-electron chi connectivity index (χ2n) is 2.94. The molecule has 1 aromatic carbocycles. The fourth-order valence-electron chi connectivity index (χ4n) is 1.13. The van der Waals surface area contributed by atoms with Crippen molar-refractivity contribution in [2.24, 2.45) is 5.73 Å². The lowest BCUT2D eigenvalue weighted by molar-refractivity contribution is -0.138. The maximum Gasteiger partial charge on any atom is 0.325 e. The smallest absolute Gasteiger partial charge is 0.325 e. The molecule has 5 heteroatoms. The number of aryl methyl sites for hydroxylation is 1. The van der Waals surface area contributed by atoms with Crippen molar-refractivity contribution in [3.05, 3.63) is 34.1 Å². The molecule has 0 aromatic heterocycles. The van der Waals surface area contributed by atoms with Gasteiger partial charge >= 0.3 is 5.97 Å². The Kier molecular flexibility index (Phi) is 3.08. The van der Waals surface area contributed by atoms with Crippen molar-refractivity contribution in [2.45, 2.75) is 13.0 Å². The first-order valence-corrected chi connectivity index (χ1v) is 4.25. The fourth-order valence-corrected chi connectivity index (χ4v) is 1.35. The van der Waals surface area contributed by atoms with Gasteiger partial charge in [-0.15, -0.1) is 0 Å². The molecule has 3 N–H and O–H groups in total. The number of nitrogens with two attached hydrogens (primary N) is 1. The molecule has 1 atom stereocenters. The van der Waals surface area contributed by atoms with E-state index in [2.05, 4.69) is 0 Å². The first-order valence-electron chi connectivity index (χ1n) is 3.87. The molecule has 1 aromatic rings. The molecular weight excluding hydrogens is 209 g/mol. The Balaban J connectivity index is 3.22. The lowest BCUT2D eigenvalue weighted by atomic mass is 10.0. The van der Waals surface area contributed by atoms with E-state index in [1.807, 2.05) is 0 Å². The van der Waals surface area contributed by atoms with Gasteiger partial charge < -0.3 is 10.8 Å². The summed E-state index contributed by atoms with van der Waals surface area (Å²) in [5.74, 6) is -1.86. The quantitative estimate of drug-likeness (QED) is 0.795. The number of carboxylic acid groups (broad SMARTS) is 1. The van der Waals surface area contributed by atoms with Crippen LogP contribution >= 0.6 is 11.6 Å². The topological polar surface area (TPSA) is 63.3 Å². The third-order valence-electron chi connectivity index (χ3n) is 1.91. The highest BCUT2D eigenvalue weighted by Crippen LogP contribution is 2.23. The number of carbonyl (C=O) groups is 1. The molecule has 0 heterocycles. The van der Waals surface area contributed by atoms with E-state index in [0.717, 1.165) is 6.07 Å².